The van der Waals surface area contributed by atoms with E-state index in [2.05, 4.69) is 5.32 Å². The number of fused-ring (bicyclic) bond motifs is 1. The van der Waals surface area contributed by atoms with Gasteiger partial charge in [-0.1, -0.05) is 18.2 Å². The number of nitrogens with zero attached hydrogens (tertiary/aromatic N) is 2. The molecule has 2 heterocycles. The predicted molar refractivity (Wildman–Crippen MR) is 124 cm³/mol. The van der Waals surface area contributed by atoms with Crippen LogP contribution in [0.4, 0.5) is 5.69 Å². The van der Waals surface area contributed by atoms with Gasteiger partial charge in [-0.2, -0.15) is 0 Å². The smallest absolute Gasteiger partial charge is 0.358 e. The van der Waals surface area contributed by atoms with Gasteiger partial charge in [0.25, 0.3) is 17.5 Å². The van der Waals surface area contributed by atoms with Crippen molar-refractivity contribution in [3.8, 4) is 5.75 Å². The van der Waals surface area contributed by atoms with Crippen molar-refractivity contribution in [3.05, 3.63) is 81.7 Å². The number of non-ortho nitro benzene ring substituents is 1. The van der Waals surface area contributed by atoms with E-state index in [1.54, 1.807) is 24.3 Å². The highest BCUT2D eigenvalue weighted by atomic mass is 32.2. The standard InChI is InChI=1S/C23H21N3O8S/c1-32-17-13-35-22-19(24-18(27)12-33-16-5-3-2-4-6-16)21(28)25(22)20(17)23(29)34-11-14-7-9-15(10-8-14)26(30)31/h2-10,19,22H,11-13H2,1H3,(H,24,27)/t19?,22-/m0/s1. The fraction of sp³-hybridized carbons (Fsp3) is 0.261. The van der Waals surface area contributed by atoms with Crippen molar-refractivity contribution in [2.75, 3.05) is 19.5 Å². The first-order valence-corrected chi connectivity index (χ1v) is 11.5. The summed E-state index contributed by atoms with van der Waals surface area (Å²) in [5.74, 6) is -0.577. The number of benzene rings is 2. The number of rotatable bonds is 9. The van der Waals surface area contributed by atoms with Crippen molar-refractivity contribution in [2.45, 2.75) is 18.0 Å². The normalized spacial score (nSPS) is 18.8. The lowest BCUT2D eigenvalue weighted by atomic mass is 10.0. The summed E-state index contributed by atoms with van der Waals surface area (Å²) < 4.78 is 16.1. The average molecular weight is 500 g/mol. The molecule has 35 heavy (non-hydrogen) atoms. The van der Waals surface area contributed by atoms with Gasteiger partial charge in [0, 0.05) is 12.1 Å². The largest absolute Gasteiger partial charge is 0.498 e. The molecule has 2 aromatic rings. The Labute approximate surface area is 204 Å². The van der Waals surface area contributed by atoms with Crippen molar-refractivity contribution in [1.82, 2.24) is 10.2 Å². The number of carbonyl (C=O) groups excluding carboxylic acids is 3. The summed E-state index contributed by atoms with van der Waals surface area (Å²) in [5, 5.41) is 12.9. The Morgan fingerprint density at radius 3 is 2.54 bits per heavy atom. The number of β-lactam (4-membered cyclic amide) rings is 1. The van der Waals surface area contributed by atoms with Crippen molar-refractivity contribution >= 4 is 35.2 Å². The molecule has 2 aromatic carbocycles. The second-order valence-electron chi connectivity index (χ2n) is 7.53. The van der Waals surface area contributed by atoms with Crippen LogP contribution in [-0.4, -0.2) is 58.5 Å². The summed E-state index contributed by atoms with van der Waals surface area (Å²) >= 11 is 1.35. The van der Waals surface area contributed by atoms with Crippen LogP contribution < -0.4 is 10.1 Å². The molecular weight excluding hydrogens is 478 g/mol. The molecule has 2 amide bonds. The molecule has 0 saturated carbocycles. The monoisotopic (exact) mass is 499 g/mol. The van der Waals surface area contributed by atoms with Gasteiger partial charge in [0.2, 0.25) is 0 Å². The molecule has 2 atom stereocenters. The van der Waals surface area contributed by atoms with Crippen LogP contribution in [0.2, 0.25) is 0 Å². The molecule has 1 saturated heterocycles. The third-order valence-electron chi connectivity index (χ3n) is 5.32. The number of nitro groups is 1. The molecule has 0 aliphatic carbocycles. The highest BCUT2D eigenvalue weighted by Crippen LogP contribution is 2.40. The van der Waals surface area contributed by atoms with Crippen molar-refractivity contribution in [2.24, 2.45) is 0 Å². The number of nitrogens with one attached hydrogen (secondary N) is 1. The summed E-state index contributed by atoms with van der Waals surface area (Å²) in [4.78, 5) is 49.5. The predicted octanol–water partition coefficient (Wildman–Crippen LogP) is 1.97. The lowest BCUT2D eigenvalue weighted by Gasteiger charge is -2.49. The molecule has 0 spiro atoms. The molecule has 1 unspecified atom stereocenters. The van der Waals surface area contributed by atoms with Crippen LogP contribution in [0.15, 0.2) is 66.1 Å². The zero-order valence-electron chi connectivity index (χ0n) is 18.5. The second kappa shape index (κ2) is 10.5. The highest BCUT2D eigenvalue weighted by molar-refractivity contribution is 8.00. The number of carbonyl (C=O) groups is 3. The number of para-hydroxylation sites is 1. The maximum atomic E-state index is 12.9. The number of esters is 1. The maximum absolute atomic E-state index is 12.9. The van der Waals surface area contributed by atoms with Crippen molar-refractivity contribution in [1.29, 1.82) is 0 Å². The maximum Gasteiger partial charge on any atom is 0.358 e. The molecule has 0 bridgehead atoms. The first-order chi connectivity index (χ1) is 16.9. The van der Waals surface area contributed by atoms with Crippen LogP contribution in [-0.2, 0) is 30.5 Å². The Balaban J connectivity index is 1.37. The number of hydrogen-bond acceptors (Lipinski definition) is 9. The van der Waals surface area contributed by atoms with Crippen LogP contribution in [0.5, 0.6) is 5.75 Å². The minimum absolute atomic E-state index is 0.0193. The molecule has 0 aromatic heterocycles. The summed E-state index contributed by atoms with van der Waals surface area (Å²) in [5.41, 5.74) is 0.447. The van der Waals surface area contributed by atoms with E-state index in [0.717, 1.165) is 0 Å². The van der Waals surface area contributed by atoms with Gasteiger partial charge in [0.15, 0.2) is 12.3 Å². The van der Waals surface area contributed by atoms with Gasteiger partial charge in [-0.15, -0.1) is 11.8 Å². The van der Waals surface area contributed by atoms with Gasteiger partial charge in [0.05, 0.1) is 17.8 Å². The van der Waals surface area contributed by atoms with Crippen molar-refractivity contribution < 1.29 is 33.5 Å². The molecule has 11 nitrogen and oxygen atoms in total. The van der Waals surface area contributed by atoms with E-state index in [1.807, 2.05) is 6.07 Å². The zero-order valence-corrected chi connectivity index (χ0v) is 19.4. The number of methoxy groups -OCH3 is 1. The molecular formula is C23H21N3O8S. The van der Waals surface area contributed by atoms with Gasteiger partial charge in [0.1, 0.15) is 29.5 Å². The third-order valence-corrected chi connectivity index (χ3v) is 6.57. The third kappa shape index (κ3) is 5.22. The zero-order chi connectivity index (χ0) is 24.9. The van der Waals surface area contributed by atoms with E-state index in [1.165, 1.54) is 48.0 Å². The number of amides is 2. The van der Waals surface area contributed by atoms with E-state index >= 15 is 0 Å². The lowest BCUT2D eigenvalue weighted by molar-refractivity contribution is -0.384. The topological polar surface area (TPSA) is 137 Å². The average Bonchev–Trinajstić information content (AvgIpc) is 2.88. The quantitative estimate of drug-likeness (QED) is 0.238. The highest BCUT2D eigenvalue weighted by Gasteiger charge is 2.55. The first-order valence-electron chi connectivity index (χ1n) is 10.5. The summed E-state index contributed by atoms with van der Waals surface area (Å²) in [6.45, 7) is -0.400. The minimum atomic E-state index is -0.817. The Morgan fingerprint density at radius 1 is 1.17 bits per heavy atom. The molecule has 1 fully saturated rings. The number of nitro benzene ring substituents is 1. The van der Waals surface area contributed by atoms with Gasteiger partial charge in [-0.25, -0.2) is 4.79 Å². The van der Waals surface area contributed by atoms with Crippen LogP contribution in [0.25, 0.3) is 0 Å². The van der Waals surface area contributed by atoms with E-state index in [-0.39, 0.29) is 30.4 Å². The molecule has 0 radical (unpaired) electrons. The van der Waals surface area contributed by atoms with Gasteiger partial charge in [-0.3, -0.25) is 24.6 Å². The number of thioether (sulfide) groups is 1. The Kier molecular flexibility index (Phi) is 7.20. The van der Waals surface area contributed by atoms with Gasteiger partial charge in [-0.05, 0) is 29.8 Å². The molecule has 1 N–H and O–H groups in total. The van der Waals surface area contributed by atoms with E-state index in [0.29, 0.717) is 17.1 Å². The van der Waals surface area contributed by atoms with E-state index < -0.39 is 34.1 Å². The Hall–Kier alpha value is -4.06. The van der Waals surface area contributed by atoms with Crippen LogP contribution in [0, 0.1) is 10.1 Å². The Morgan fingerprint density at radius 2 is 1.89 bits per heavy atom. The van der Waals surface area contributed by atoms with E-state index in [9.17, 15) is 24.5 Å². The summed E-state index contributed by atoms with van der Waals surface area (Å²) in [7, 11) is 1.39. The second-order valence-corrected chi connectivity index (χ2v) is 8.64. The fourth-order valence-electron chi connectivity index (χ4n) is 3.55. The lowest BCUT2D eigenvalue weighted by Crippen LogP contribution is -2.71. The fourth-order valence-corrected chi connectivity index (χ4v) is 4.86. The molecule has 182 valence electrons. The van der Waals surface area contributed by atoms with Crippen LogP contribution in [0.3, 0.4) is 0 Å². The number of hydrogen-bond donors (Lipinski definition) is 1. The Bertz CT molecular complexity index is 1170. The SMILES string of the molecule is COC1=C(C(=O)OCc2ccc([N+](=O)[O-])cc2)N2C(=O)C(NC(=O)COc3ccccc3)[C@@H]2SC1. The summed E-state index contributed by atoms with van der Waals surface area (Å²) in [6.07, 6.45) is 0. The van der Waals surface area contributed by atoms with Gasteiger partial charge < -0.3 is 19.5 Å². The van der Waals surface area contributed by atoms with Crippen molar-refractivity contribution in [3.63, 3.8) is 0 Å². The molecule has 4 rings (SSSR count). The summed E-state index contributed by atoms with van der Waals surface area (Å²) in [6, 6.07) is 13.6. The molecule has 2 aliphatic heterocycles. The number of ether oxygens (including phenoxy) is 3. The van der Waals surface area contributed by atoms with Gasteiger partial charge >= 0.3 is 5.97 Å². The molecule has 2 aliphatic rings. The van der Waals surface area contributed by atoms with Crippen LogP contribution >= 0.6 is 11.8 Å². The van der Waals surface area contributed by atoms with Crippen LogP contribution in [0.1, 0.15) is 5.56 Å². The first kappa shape index (κ1) is 24.1. The minimum Gasteiger partial charge on any atom is -0.498 e. The molecule has 12 heteroatoms. The van der Waals surface area contributed by atoms with E-state index in [4.69, 9.17) is 14.2 Å².